The van der Waals surface area contributed by atoms with E-state index in [1.165, 1.54) is 18.2 Å². The first kappa shape index (κ1) is 14.2. The largest absolute Gasteiger partial charge is 0.299 e. The van der Waals surface area contributed by atoms with E-state index in [4.69, 9.17) is 0 Å². The maximum atomic E-state index is 13.6. The van der Waals surface area contributed by atoms with Gasteiger partial charge < -0.3 is 0 Å². The quantitative estimate of drug-likeness (QED) is 0.797. The van der Waals surface area contributed by atoms with Crippen LogP contribution in [0.1, 0.15) is 45.1 Å². The van der Waals surface area contributed by atoms with Crippen molar-refractivity contribution in [2.75, 3.05) is 0 Å². The van der Waals surface area contributed by atoms with E-state index in [2.05, 4.69) is 13.8 Å². The molecule has 1 unspecified atom stereocenters. The van der Waals surface area contributed by atoms with Gasteiger partial charge in [-0.1, -0.05) is 32.8 Å². The van der Waals surface area contributed by atoms with Crippen molar-refractivity contribution in [1.82, 2.24) is 0 Å². The van der Waals surface area contributed by atoms with Crippen molar-refractivity contribution in [2.24, 2.45) is 11.3 Å². The maximum absolute atomic E-state index is 13.6. The molecular formula is C16H20F2O. The normalized spacial score (nSPS) is 22.2. The van der Waals surface area contributed by atoms with Gasteiger partial charge in [-0.3, -0.25) is 4.79 Å². The van der Waals surface area contributed by atoms with Crippen LogP contribution in [0, 0.1) is 23.0 Å². The molecule has 0 N–H and O–H groups in total. The number of carbonyl (C=O) groups is 1. The Morgan fingerprint density at radius 1 is 1.26 bits per heavy atom. The molecule has 1 saturated carbocycles. The maximum Gasteiger partial charge on any atom is 0.141 e. The molecule has 1 fully saturated rings. The Morgan fingerprint density at radius 2 is 1.89 bits per heavy atom. The average molecular weight is 266 g/mol. The zero-order valence-electron chi connectivity index (χ0n) is 11.5. The molecule has 1 atom stereocenters. The third kappa shape index (κ3) is 3.02. The van der Waals surface area contributed by atoms with Gasteiger partial charge in [-0.2, -0.15) is 0 Å². The lowest BCUT2D eigenvalue weighted by atomic mass is 9.66. The molecule has 0 amide bonds. The van der Waals surface area contributed by atoms with Crippen molar-refractivity contribution in [3.63, 3.8) is 0 Å². The fourth-order valence-electron chi connectivity index (χ4n) is 3.09. The van der Waals surface area contributed by atoms with Gasteiger partial charge in [0.05, 0.1) is 0 Å². The Kier molecular flexibility index (Phi) is 4.02. The van der Waals surface area contributed by atoms with Gasteiger partial charge in [0.25, 0.3) is 0 Å². The van der Waals surface area contributed by atoms with Gasteiger partial charge in [-0.25, -0.2) is 8.78 Å². The molecule has 1 aliphatic rings. The molecule has 3 heteroatoms. The zero-order valence-corrected chi connectivity index (χ0v) is 11.5. The molecule has 0 bridgehead atoms. The second-order valence-electron chi connectivity index (χ2n) is 6.13. The molecule has 1 nitrogen and oxygen atoms in total. The molecule has 0 spiro atoms. The molecule has 1 aromatic rings. The van der Waals surface area contributed by atoms with E-state index in [1.807, 2.05) is 0 Å². The highest BCUT2D eigenvalue weighted by Crippen LogP contribution is 2.41. The van der Waals surface area contributed by atoms with Gasteiger partial charge in [0, 0.05) is 17.9 Å². The zero-order chi connectivity index (χ0) is 14.0. The molecular weight excluding hydrogens is 246 g/mol. The van der Waals surface area contributed by atoms with Crippen molar-refractivity contribution < 1.29 is 13.6 Å². The highest BCUT2D eigenvalue weighted by molar-refractivity contribution is 5.84. The van der Waals surface area contributed by atoms with Crippen LogP contribution in [0.2, 0.25) is 0 Å². The van der Waals surface area contributed by atoms with Gasteiger partial charge in [-0.15, -0.1) is 0 Å². The predicted octanol–water partition coefficient (Wildman–Crippen LogP) is 4.29. The average Bonchev–Trinajstić information content (AvgIpc) is 2.33. The molecule has 0 aromatic heterocycles. The van der Waals surface area contributed by atoms with E-state index in [-0.39, 0.29) is 29.1 Å². The highest BCUT2D eigenvalue weighted by atomic mass is 19.1. The summed E-state index contributed by atoms with van der Waals surface area (Å²) >= 11 is 0. The van der Waals surface area contributed by atoms with Gasteiger partial charge in [-0.05, 0) is 30.4 Å². The van der Waals surface area contributed by atoms with E-state index in [1.54, 1.807) is 0 Å². The van der Waals surface area contributed by atoms with E-state index < -0.39 is 11.6 Å². The SMILES string of the molecule is CC1(C)CCCCC1C(=O)Cc1c(F)cccc1F. The number of carbonyl (C=O) groups excluding carboxylic acids is 1. The molecule has 0 saturated heterocycles. The van der Waals surface area contributed by atoms with Crippen LogP contribution in [0.5, 0.6) is 0 Å². The van der Waals surface area contributed by atoms with E-state index in [9.17, 15) is 13.6 Å². The number of ketones is 1. The summed E-state index contributed by atoms with van der Waals surface area (Å²) in [6.45, 7) is 4.15. The first-order valence-electron chi connectivity index (χ1n) is 6.87. The van der Waals surface area contributed by atoms with Crippen LogP contribution >= 0.6 is 0 Å². The number of hydrogen-bond donors (Lipinski definition) is 0. The molecule has 0 aliphatic heterocycles. The smallest absolute Gasteiger partial charge is 0.141 e. The Balaban J connectivity index is 2.17. The van der Waals surface area contributed by atoms with Crippen LogP contribution in [0.3, 0.4) is 0 Å². The Hall–Kier alpha value is -1.25. The summed E-state index contributed by atoms with van der Waals surface area (Å²) in [4.78, 5) is 12.4. The lowest BCUT2D eigenvalue weighted by Gasteiger charge is -2.37. The summed E-state index contributed by atoms with van der Waals surface area (Å²) in [6, 6.07) is 3.73. The topological polar surface area (TPSA) is 17.1 Å². The van der Waals surface area contributed by atoms with E-state index in [0.717, 1.165) is 25.7 Å². The van der Waals surface area contributed by atoms with Crippen LogP contribution in [0.15, 0.2) is 18.2 Å². The number of halogens is 2. The summed E-state index contributed by atoms with van der Waals surface area (Å²) in [6.07, 6.45) is 3.86. The monoisotopic (exact) mass is 266 g/mol. The first-order chi connectivity index (χ1) is 8.92. The lowest BCUT2D eigenvalue weighted by molar-refractivity contribution is -0.127. The molecule has 1 aliphatic carbocycles. The summed E-state index contributed by atoms with van der Waals surface area (Å²) in [5.74, 6) is -1.36. The molecule has 0 radical (unpaired) electrons. The summed E-state index contributed by atoms with van der Waals surface area (Å²) in [5, 5.41) is 0. The van der Waals surface area contributed by atoms with Crippen molar-refractivity contribution in [1.29, 1.82) is 0 Å². The Bertz CT molecular complexity index is 459. The number of Topliss-reactive ketones (excluding diaryl/α,β-unsaturated/α-hetero) is 1. The number of benzene rings is 1. The molecule has 19 heavy (non-hydrogen) atoms. The number of rotatable bonds is 3. The minimum Gasteiger partial charge on any atom is -0.299 e. The van der Waals surface area contributed by atoms with Crippen LogP contribution in [0.25, 0.3) is 0 Å². The third-order valence-electron chi connectivity index (χ3n) is 4.31. The van der Waals surface area contributed by atoms with Crippen LogP contribution in [-0.4, -0.2) is 5.78 Å². The summed E-state index contributed by atoms with van der Waals surface area (Å²) in [5.41, 5.74) is -0.147. The van der Waals surface area contributed by atoms with Gasteiger partial charge in [0.15, 0.2) is 0 Å². The molecule has 0 heterocycles. The van der Waals surface area contributed by atoms with Gasteiger partial charge in [0.1, 0.15) is 17.4 Å². The fourth-order valence-corrected chi connectivity index (χ4v) is 3.09. The minimum atomic E-state index is -0.623. The second kappa shape index (κ2) is 5.40. The van der Waals surface area contributed by atoms with Crippen LogP contribution < -0.4 is 0 Å². The van der Waals surface area contributed by atoms with Crippen LogP contribution in [0.4, 0.5) is 8.78 Å². The molecule has 104 valence electrons. The van der Waals surface area contributed by atoms with Gasteiger partial charge in [0.2, 0.25) is 0 Å². The minimum absolute atomic E-state index is 0.0336. The van der Waals surface area contributed by atoms with Crippen molar-refractivity contribution in [3.8, 4) is 0 Å². The lowest BCUT2D eigenvalue weighted by Crippen LogP contribution is -2.35. The molecule has 2 rings (SSSR count). The van der Waals surface area contributed by atoms with Gasteiger partial charge >= 0.3 is 0 Å². The Morgan fingerprint density at radius 3 is 2.47 bits per heavy atom. The Labute approximate surface area is 113 Å². The second-order valence-corrected chi connectivity index (χ2v) is 6.13. The predicted molar refractivity (Wildman–Crippen MR) is 70.8 cm³/mol. The third-order valence-corrected chi connectivity index (χ3v) is 4.31. The summed E-state index contributed by atoms with van der Waals surface area (Å²) in [7, 11) is 0. The standard InChI is InChI=1S/C16H20F2O/c1-16(2)9-4-3-6-12(16)15(19)10-11-13(17)7-5-8-14(11)18/h5,7-8,12H,3-4,6,9-10H2,1-2H3. The summed E-state index contributed by atoms with van der Waals surface area (Å²) < 4.78 is 27.2. The number of hydrogen-bond acceptors (Lipinski definition) is 1. The van der Waals surface area contributed by atoms with E-state index >= 15 is 0 Å². The van der Waals surface area contributed by atoms with Crippen molar-refractivity contribution >= 4 is 5.78 Å². The first-order valence-corrected chi connectivity index (χ1v) is 6.87. The van der Waals surface area contributed by atoms with Crippen LogP contribution in [-0.2, 0) is 11.2 Å². The fraction of sp³-hybridized carbons (Fsp3) is 0.562. The van der Waals surface area contributed by atoms with E-state index in [0.29, 0.717) is 0 Å². The highest BCUT2D eigenvalue weighted by Gasteiger charge is 2.37. The molecule has 1 aromatic carbocycles. The van der Waals surface area contributed by atoms with Crippen molar-refractivity contribution in [3.05, 3.63) is 35.4 Å². The van der Waals surface area contributed by atoms with Crippen molar-refractivity contribution in [2.45, 2.75) is 46.0 Å².